The van der Waals surface area contributed by atoms with Gasteiger partial charge < -0.3 is 15.2 Å². The number of phenolic OH excluding ortho intramolecular Hbond substituents is 1. The van der Waals surface area contributed by atoms with Crippen LogP contribution in [0.2, 0.25) is 0 Å². The van der Waals surface area contributed by atoms with Crippen molar-refractivity contribution in [3.63, 3.8) is 0 Å². The Morgan fingerprint density at radius 1 is 1.53 bits per heavy atom. The number of nitrogens with one attached hydrogen (secondary N) is 1. The third-order valence-corrected chi connectivity index (χ3v) is 2.31. The summed E-state index contributed by atoms with van der Waals surface area (Å²) in [4.78, 5) is 11.0. The molecule has 2 N–H and O–H groups in total. The van der Waals surface area contributed by atoms with E-state index in [0.717, 1.165) is 5.56 Å². The third-order valence-electron chi connectivity index (χ3n) is 2.31. The summed E-state index contributed by atoms with van der Waals surface area (Å²) < 4.78 is 5.12. The van der Waals surface area contributed by atoms with E-state index in [-0.39, 0.29) is 24.3 Å². The van der Waals surface area contributed by atoms with Gasteiger partial charge in [0.25, 0.3) is 0 Å². The van der Waals surface area contributed by atoms with Crippen molar-refractivity contribution in [2.24, 2.45) is 0 Å². The van der Waals surface area contributed by atoms with Crippen LogP contribution in [0.25, 0.3) is 0 Å². The molecule has 4 nitrogen and oxygen atoms in total. The van der Waals surface area contributed by atoms with Crippen LogP contribution in [0.1, 0.15) is 5.56 Å². The van der Waals surface area contributed by atoms with Gasteiger partial charge in [0.2, 0.25) is 5.91 Å². The number of hydrogen-bond acceptors (Lipinski definition) is 3. The maximum atomic E-state index is 11.0. The molecule has 1 aromatic rings. The molecule has 4 heteroatoms. The average molecular weight is 207 g/mol. The van der Waals surface area contributed by atoms with E-state index in [0.29, 0.717) is 13.0 Å². The van der Waals surface area contributed by atoms with E-state index >= 15 is 0 Å². The Balaban J connectivity index is 1.99. The molecule has 0 saturated carbocycles. The number of benzene rings is 1. The largest absolute Gasteiger partial charge is 0.508 e. The van der Waals surface area contributed by atoms with E-state index in [1.54, 1.807) is 18.2 Å². The monoisotopic (exact) mass is 207 g/mol. The molecule has 0 bridgehead atoms. The SMILES string of the molecule is O=C1COCC(Cc2cccc(O)c2)N1. The minimum absolute atomic E-state index is 0.00745. The van der Waals surface area contributed by atoms with Gasteiger partial charge in [0.15, 0.2) is 0 Å². The quantitative estimate of drug-likeness (QED) is 0.740. The van der Waals surface area contributed by atoms with Crippen molar-refractivity contribution in [3.05, 3.63) is 29.8 Å². The van der Waals surface area contributed by atoms with Crippen molar-refractivity contribution in [3.8, 4) is 5.75 Å². The van der Waals surface area contributed by atoms with E-state index in [4.69, 9.17) is 4.74 Å². The van der Waals surface area contributed by atoms with Crippen molar-refractivity contribution in [2.45, 2.75) is 12.5 Å². The molecule has 1 atom stereocenters. The van der Waals surface area contributed by atoms with Crippen LogP contribution in [-0.4, -0.2) is 30.3 Å². The Morgan fingerprint density at radius 3 is 3.13 bits per heavy atom. The minimum atomic E-state index is -0.0774. The molecule has 2 rings (SSSR count). The first-order chi connectivity index (χ1) is 7.24. The molecule has 1 amide bonds. The predicted molar refractivity (Wildman–Crippen MR) is 54.6 cm³/mol. The van der Waals surface area contributed by atoms with E-state index in [9.17, 15) is 9.90 Å². The number of rotatable bonds is 2. The van der Waals surface area contributed by atoms with Crippen LogP contribution in [-0.2, 0) is 16.0 Å². The first-order valence-corrected chi connectivity index (χ1v) is 4.89. The molecule has 1 aliphatic heterocycles. The van der Waals surface area contributed by atoms with Gasteiger partial charge in [0.05, 0.1) is 12.6 Å². The first kappa shape index (κ1) is 9.98. The van der Waals surface area contributed by atoms with Crippen LogP contribution in [0.15, 0.2) is 24.3 Å². The molecule has 1 aliphatic rings. The summed E-state index contributed by atoms with van der Waals surface area (Å²) >= 11 is 0. The maximum absolute atomic E-state index is 11.0. The standard InChI is InChI=1S/C11H13NO3/c13-10-3-1-2-8(5-10)4-9-6-15-7-11(14)12-9/h1-3,5,9,13H,4,6-7H2,(H,12,14). The second kappa shape index (κ2) is 4.31. The number of amides is 1. The highest BCUT2D eigenvalue weighted by Crippen LogP contribution is 2.13. The number of morpholine rings is 1. The van der Waals surface area contributed by atoms with Crippen molar-refractivity contribution in [2.75, 3.05) is 13.2 Å². The van der Waals surface area contributed by atoms with Gasteiger partial charge in [-0.2, -0.15) is 0 Å². The van der Waals surface area contributed by atoms with Gasteiger partial charge in [-0.1, -0.05) is 12.1 Å². The fourth-order valence-electron chi connectivity index (χ4n) is 1.68. The summed E-state index contributed by atoms with van der Waals surface area (Å²) in [7, 11) is 0. The van der Waals surface area contributed by atoms with Crippen LogP contribution in [0, 0.1) is 0 Å². The summed E-state index contributed by atoms with van der Waals surface area (Å²) in [6.07, 6.45) is 0.681. The minimum Gasteiger partial charge on any atom is -0.508 e. The van der Waals surface area contributed by atoms with Gasteiger partial charge in [-0.25, -0.2) is 0 Å². The normalized spacial score (nSPS) is 21.1. The molecular formula is C11H13NO3. The molecule has 1 heterocycles. The zero-order valence-electron chi connectivity index (χ0n) is 8.27. The predicted octanol–water partition coefficient (Wildman–Crippen LogP) is 0.450. The van der Waals surface area contributed by atoms with Crippen LogP contribution >= 0.6 is 0 Å². The van der Waals surface area contributed by atoms with Crippen molar-refractivity contribution < 1.29 is 14.6 Å². The lowest BCUT2D eigenvalue weighted by Gasteiger charge is -2.23. The molecule has 80 valence electrons. The first-order valence-electron chi connectivity index (χ1n) is 4.89. The number of aromatic hydroxyl groups is 1. The van der Waals surface area contributed by atoms with Crippen molar-refractivity contribution >= 4 is 5.91 Å². The summed E-state index contributed by atoms with van der Waals surface area (Å²) in [5, 5.41) is 12.1. The Labute approximate surface area is 87.9 Å². The molecule has 0 aromatic heterocycles. The van der Waals surface area contributed by atoms with E-state index in [1.807, 2.05) is 6.07 Å². The molecule has 1 fully saturated rings. The summed E-state index contributed by atoms with van der Waals surface area (Å²) in [5.74, 6) is 0.168. The van der Waals surface area contributed by atoms with Crippen molar-refractivity contribution in [1.82, 2.24) is 5.32 Å². The van der Waals surface area contributed by atoms with Gasteiger partial charge >= 0.3 is 0 Å². The summed E-state index contributed by atoms with van der Waals surface area (Å²) in [5.41, 5.74) is 0.991. The smallest absolute Gasteiger partial charge is 0.246 e. The number of hydrogen-bond donors (Lipinski definition) is 2. The van der Waals surface area contributed by atoms with E-state index in [1.165, 1.54) is 0 Å². The highest BCUT2D eigenvalue weighted by Gasteiger charge is 2.18. The van der Waals surface area contributed by atoms with Crippen LogP contribution in [0.5, 0.6) is 5.75 Å². The summed E-state index contributed by atoms with van der Waals surface area (Å²) in [6, 6.07) is 7.03. The number of carbonyl (C=O) groups is 1. The third kappa shape index (κ3) is 2.70. The molecule has 15 heavy (non-hydrogen) atoms. The van der Waals surface area contributed by atoms with Crippen LogP contribution in [0.4, 0.5) is 0 Å². The lowest BCUT2D eigenvalue weighted by Crippen LogP contribution is -2.46. The van der Waals surface area contributed by atoms with Gasteiger partial charge in [-0.3, -0.25) is 4.79 Å². The molecule has 0 aliphatic carbocycles. The number of carbonyl (C=O) groups excluding carboxylic acids is 1. The van der Waals surface area contributed by atoms with Gasteiger partial charge in [0, 0.05) is 0 Å². The van der Waals surface area contributed by atoms with Gasteiger partial charge in [-0.05, 0) is 24.1 Å². The highest BCUT2D eigenvalue weighted by molar-refractivity contribution is 5.78. The molecule has 0 spiro atoms. The molecule has 0 radical (unpaired) electrons. The topological polar surface area (TPSA) is 58.6 Å². The lowest BCUT2D eigenvalue weighted by atomic mass is 10.1. The molecular weight excluding hydrogens is 194 g/mol. The second-order valence-electron chi connectivity index (χ2n) is 3.65. The Hall–Kier alpha value is -1.55. The Kier molecular flexibility index (Phi) is 2.87. The summed E-state index contributed by atoms with van der Waals surface area (Å²) in [6.45, 7) is 0.679. The van der Waals surface area contributed by atoms with E-state index < -0.39 is 0 Å². The number of ether oxygens (including phenoxy) is 1. The van der Waals surface area contributed by atoms with Crippen LogP contribution < -0.4 is 5.32 Å². The highest BCUT2D eigenvalue weighted by atomic mass is 16.5. The van der Waals surface area contributed by atoms with Crippen molar-refractivity contribution in [1.29, 1.82) is 0 Å². The van der Waals surface area contributed by atoms with E-state index in [2.05, 4.69) is 5.32 Å². The second-order valence-corrected chi connectivity index (χ2v) is 3.65. The average Bonchev–Trinajstić information content (AvgIpc) is 2.17. The number of phenols is 1. The lowest BCUT2D eigenvalue weighted by molar-refractivity contribution is -0.131. The Morgan fingerprint density at radius 2 is 2.40 bits per heavy atom. The Bertz CT molecular complexity index is 365. The fourth-order valence-corrected chi connectivity index (χ4v) is 1.68. The molecule has 1 aromatic carbocycles. The molecule has 1 unspecified atom stereocenters. The van der Waals surface area contributed by atoms with Gasteiger partial charge in [-0.15, -0.1) is 0 Å². The molecule has 1 saturated heterocycles. The van der Waals surface area contributed by atoms with Crippen LogP contribution in [0.3, 0.4) is 0 Å². The van der Waals surface area contributed by atoms with Gasteiger partial charge in [0.1, 0.15) is 12.4 Å². The fraction of sp³-hybridized carbons (Fsp3) is 0.364. The maximum Gasteiger partial charge on any atom is 0.246 e. The zero-order valence-corrected chi connectivity index (χ0v) is 8.27. The zero-order chi connectivity index (χ0) is 10.7.